The van der Waals surface area contributed by atoms with E-state index in [0.29, 0.717) is 5.56 Å². The summed E-state index contributed by atoms with van der Waals surface area (Å²) >= 11 is 0.886. The van der Waals surface area contributed by atoms with Crippen LogP contribution in [-0.4, -0.2) is 30.3 Å². The van der Waals surface area contributed by atoms with Gasteiger partial charge in [-0.3, -0.25) is 18.7 Å². The summed E-state index contributed by atoms with van der Waals surface area (Å²) in [7, 11) is 2.76. The number of halogens is 4. The second kappa shape index (κ2) is 9.64. The number of alkyl halides is 3. The van der Waals surface area contributed by atoms with Crippen LogP contribution in [0.2, 0.25) is 0 Å². The second-order valence-electron chi connectivity index (χ2n) is 7.87. The Bertz CT molecular complexity index is 1570. The van der Waals surface area contributed by atoms with Crippen molar-refractivity contribution in [2.75, 3.05) is 11.1 Å². The quantitative estimate of drug-likeness (QED) is 0.311. The van der Waals surface area contributed by atoms with Crippen molar-refractivity contribution in [3.8, 4) is 0 Å². The molecular weight excluding hydrogens is 502 g/mol. The highest BCUT2D eigenvalue weighted by atomic mass is 32.2. The third kappa shape index (κ3) is 4.91. The zero-order chi connectivity index (χ0) is 26.2. The van der Waals surface area contributed by atoms with Crippen LogP contribution in [0.1, 0.15) is 11.1 Å². The smallest absolute Gasteiger partial charge is 0.325 e. The van der Waals surface area contributed by atoms with Gasteiger partial charge >= 0.3 is 11.9 Å². The van der Waals surface area contributed by atoms with Gasteiger partial charge in [0.2, 0.25) is 5.91 Å². The third-order valence-electron chi connectivity index (χ3n) is 5.41. The summed E-state index contributed by atoms with van der Waals surface area (Å²) in [5.41, 5.74) is -1.78. The molecule has 0 saturated carbocycles. The summed E-state index contributed by atoms with van der Waals surface area (Å²) in [6.45, 7) is 0.0745. The minimum Gasteiger partial charge on any atom is -0.325 e. The normalized spacial score (nSPS) is 11.7. The van der Waals surface area contributed by atoms with Crippen LogP contribution in [0.25, 0.3) is 11.2 Å². The largest absolute Gasteiger partial charge is 0.418 e. The van der Waals surface area contributed by atoms with Gasteiger partial charge in [-0.05, 0) is 29.8 Å². The average molecular weight is 521 g/mol. The van der Waals surface area contributed by atoms with E-state index in [1.165, 1.54) is 59.6 Å². The van der Waals surface area contributed by atoms with Crippen molar-refractivity contribution in [2.45, 2.75) is 17.9 Å². The molecule has 0 aliphatic heterocycles. The number of hydrogen-bond donors (Lipinski definition) is 1. The van der Waals surface area contributed by atoms with E-state index in [2.05, 4.69) is 10.3 Å². The van der Waals surface area contributed by atoms with E-state index in [4.69, 9.17) is 0 Å². The Labute approximate surface area is 205 Å². The fourth-order valence-electron chi connectivity index (χ4n) is 3.61. The molecule has 2 heterocycles. The van der Waals surface area contributed by atoms with Crippen molar-refractivity contribution in [1.82, 2.24) is 18.7 Å². The van der Waals surface area contributed by atoms with E-state index in [-0.39, 0.29) is 34.3 Å². The first-order valence-corrected chi connectivity index (χ1v) is 11.5. The number of aryl methyl sites for hydroxylation is 1. The van der Waals surface area contributed by atoms with Gasteiger partial charge in [-0.15, -0.1) is 0 Å². The standard InChI is InChI=1S/C23H19F4N5O3S/c1-30-19-18(20(34)31(2)22(30)35)32(11-13-7-9-14(24)10-8-13)21(29-19)36-12-17(33)28-16-6-4-3-5-15(16)23(25,26)27/h3-10H,11-12H2,1-2H3,(H,28,33). The molecule has 0 fully saturated rings. The summed E-state index contributed by atoms with van der Waals surface area (Å²) in [5, 5.41) is 2.44. The number of benzene rings is 2. The fourth-order valence-corrected chi connectivity index (χ4v) is 4.41. The molecule has 0 spiro atoms. The molecule has 0 bridgehead atoms. The van der Waals surface area contributed by atoms with E-state index < -0.39 is 34.7 Å². The van der Waals surface area contributed by atoms with Crippen molar-refractivity contribution in [3.63, 3.8) is 0 Å². The van der Waals surface area contributed by atoms with Crippen LogP contribution in [0.3, 0.4) is 0 Å². The van der Waals surface area contributed by atoms with Crippen molar-refractivity contribution < 1.29 is 22.4 Å². The van der Waals surface area contributed by atoms with Gasteiger partial charge in [-0.2, -0.15) is 13.2 Å². The molecule has 36 heavy (non-hydrogen) atoms. The third-order valence-corrected chi connectivity index (χ3v) is 6.38. The highest BCUT2D eigenvalue weighted by Gasteiger charge is 2.33. The monoisotopic (exact) mass is 521 g/mol. The number of thioether (sulfide) groups is 1. The predicted molar refractivity (Wildman–Crippen MR) is 127 cm³/mol. The van der Waals surface area contributed by atoms with E-state index in [1.54, 1.807) is 0 Å². The lowest BCUT2D eigenvalue weighted by Crippen LogP contribution is -2.37. The summed E-state index contributed by atoms with van der Waals surface area (Å²) in [6, 6.07) is 10.1. The number of para-hydroxylation sites is 1. The van der Waals surface area contributed by atoms with Gasteiger partial charge in [0, 0.05) is 14.1 Å². The first kappa shape index (κ1) is 25.2. The van der Waals surface area contributed by atoms with Gasteiger partial charge in [0.25, 0.3) is 5.56 Å². The molecule has 13 heteroatoms. The Morgan fingerprint density at radius 3 is 2.36 bits per heavy atom. The number of nitrogens with one attached hydrogen (secondary N) is 1. The molecule has 4 aromatic rings. The van der Waals surface area contributed by atoms with Crippen molar-refractivity contribution >= 4 is 34.5 Å². The Kier molecular flexibility index (Phi) is 6.76. The van der Waals surface area contributed by atoms with E-state index >= 15 is 0 Å². The molecule has 2 aromatic heterocycles. The maximum absolute atomic E-state index is 13.4. The molecule has 0 saturated heterocycles. The molecule has 0 aliphatic carbocycles. The number of carbonyl (C=O) groups is 1. The van der Waals surface area contributed by atoms with Crippen LogP contribution in [0.5, 0.6) is 0 Å². The van der Waals surface area contributed by atoms with Crippen LogP contribution in [0, 0.1) is 5.82 Å². The molecule has 0 radical (unpaired) electrons. The Balaban J connectivity index is 1.68. The Morgan fingerprint density at radius 2 is 1.69 bits per heavy atom. The second-order valence-corrected chi connectivity index (χ2v) is 8.81. The maximum atomic E-state index is 13.4. The Hall–Kier alpha value is -3.87. The molecule has 2 aromatic carbocycles. The van der Waals surface area contributed by atoms with E-state index in [1.807, 2.05) is 0 Å². The zero-order valence-electron chi connectivity index (χ0n) is 19.0. The highest BCUT2D eigenvalue weighted by Crippen LogP contribution is 2.34. The first-order chi connectivity index (χ1) is 17.0. The van der Waals surface area contributed by atoms with E-state index in [9.17, 15) is 31.9 Å². The average Bonchev–Trinajstić information content (AvgIpc) is 3.19. The van der Waals surface area contributed by atoms with Gasteiger partial charge < -0.3 is 9.88 Å². The summed E-state index contributed by atoms with van der Waals surface area (Å²) in [5.74, 6) is -1.50. The predicted octanol–water partition coefficient (Wildman–Crippen LogP) is 3.37. The SMILES string of the molecule is Cn1c(=O)c2c(nc(SCC(=O)Nc3ccccc3C(F)(F)F)n2Cc2ccc(F)cc2)n(C)c1=O. The highest BCUT2D eigenvalue weighted by molar-refractivity contribution is 7.99. The molecule has 4 rings (SSSR count). The van der Waals surface area contributed by atoms with Gasteiger partial charge in [0.15, 0.2) is 16.3 Å². The lowest BCUT2D eigenvalue weighted by atomic mass is 10.1. The molecule has 8 nitrogen and oxygen atoms in total. The zero-order valence-corrected chi connectivity index (χ0v) is 19.8. The minimum absolute atomic E-state index is 0.0745. The van der Waals surface area contributed by atoms with Crippen LogP contribution in [0.4, 0.5) is 23.2 Å². The number of anilines is 1. The number of fused-ring (bicyclic) bond motifs is 1. The lowest BCUT2D eigenvalue weighted by molar-refractivity contribution is -0.137. The summed E-state index contributed by atoms with van der Waals surface area (Å²) in [6.07, 6.45) is -4.65. The molecule has 1 N–H and O–H groups in total. The number of carbonyl (C=O) groups excluding carboxylic acids is 1. The molecule has 0 aliphatic rings. The number of aromatic nitrogens is 4. The summed E-state index contributed by atoms with van der Waals surface area (Å²) < 4.78 is 56.7. The van der Waals surface area contributed by atoms with Gasteiger partial charge in [0.1, 0.15) is 5.82 Å². The van der Waals surface area contributed by atoms with Crippen molar-refractivity contribution in [1.29, 1.82) is 0 Å². The Morgan fingerprint density at radius 1 is 1.03 bits per heavy atom. The molecule has 188 valence electrons. The number of rotatable bonds is 6. The van der Waals surface area contributed by atoms with Crippen LogP contribution < -0.4 is 16.6 Å². The molecule has 0 unspecified atom stereocenters. The van der Waals surface area contributed by atoms with Gasteiger partial charge in [0.05, 0.1) is 23.5 Å². The van der Waals surface area contributed by atoms with Gasteiger partial charge in [-0.1, -0.05) is 36.0 Å². The molecule has 1 amide bonds. The topological polar surface area (TPSA) is 90.9 Å². The molecular formula is C23H19F4N5O3S. The maximum Gasteiger partial charge on any atom is 0.418 e. The number of imidazole rings is 1. The number of nitrogens with zero attached hydrogens (tertiary/aromatic N) is 4. The van der Waals surface area contributed by atoms with Crippen LogP contribution >= 0.6 is 11.8 Å². The first-order valence-electron chi connectivity index (χ1n) is 10.5. The minimum atomic E-state index is -4.65. The lowest BCUT2D eigenvalue weighted by Gasteiger charge is -2.13. The number of hydrogen-bond acceptors (Lipinski definition) is 5. The molecule has 0 atom stereocenters. The summed E-state index contributed by atoms with van der Waals surface area (Å²) in [4.78, 5) is 42.2. The van der Waals surface area contributed by atoms with Crippen LogP contribution in [-0.2, 0) is 31.6 Å². The van der Waals surface area contributed by atoms with Crippen molar-refractivity contribution in [3.05, 3.63) is 86.3 Å². The van der Waals surface area contributed by atoms with E-state index in [0.717, 1.165) is 28.5 Å². The van der Waals surface area contributed by atoms with Gasteiger partial charge in [-0.25, -0.2) is 14.2 Å². The fraction of sp³-hybridized carbons (Fsp3) is 0.217. The van der Waals surface area contributed by atoms with Crippen LogP contribution in [0.15, 0.2) is 63.3 Å². The van der Waals surface area contributed by atoms with Crippen molar-refractivity contribution in [2.24, 2.45) is 14.1 Å². The number of amides is 1.